The van der Waals surface area contributed by atoms with E-state index in [4.69, 9.17) is 5.73 Å². The Bertz CT molecular complexity index is 41.0. The van der Waals surface area contributed by atoms with Crippen LogP contribution in [0.25, 0.3) is 0 Å². The molecule has 0 aliphatic carbocycles. The molecule has 3 heteroatoms. The van der Waals surface area contributed by atoms with Crippen molar-refractivity contribution in [2.24, 2.45) is 5.73 Å². The Morgan fingerprint density at radius 2 is 2.00 bits per heavy atom. The van der Waals surface area contributed by atoms with Crippen LogP contribution in [0.4, 0.5) is 4.39 Å². The van der Waals surface area contributed by atoms with Gasteiger partial charge in [-0.15, -0.1) is 12.4 Å². The highest BCUT2D eigenvalue weighted by Crippen LogP contribution is 1.67. The quantitative estimate of drug-likeness (QED) is 0.545. The molecule has 44 valence electrons. The van der Waals surface area contributed by atoms with E-state index in [9.17, 15) is 4.39 Å². The molecule has 0 atom stereocenters. The molecule has 0 amide bonds. The van der Waals surface area contributed by atoms with Crippen molar-refractivity contribution in [3.8, 4) is 0 Å². The molecule has 0 aromatic carbocycles. The molecule has 0 aromatic rings. The van der Waals surface area contributed by atoms with Crippen LogP contribution in [0.2, 0.25) is 0 Å². The summed E-state index contributed by atoms with van der Waals surface area (Å²) in [5.41, 5.74) is 4.96. The summed E-state index contributed by atoms with van der Waals surface area (Å²) >= 11 is 0. The lowest BCUT2D eigenvalue weighted by atomic mass is 10.5. The van der Waals surface area contributed by atoms with E-state index < -0.39 is 6.67 Å². The van der Waals surface area contributed by atoms with Crippen molar-refractivity contribution >= 4 is 12.4 Å². The third-order valence-corrected chi connectivity index (χ3v) is 0.392. The summed E-state index contributed by atoms with van der Waals surface area (Å²) in [6.45, 7) is 0.0289. The second kappa shape index (κ2) is 9.33. The van der Waals surface area contributed by atoms with Crippen LogP contribution in [-0.2, 0) is 0 Å². The average molecular weight is 126 g/mol. The van der Waals surface area contributed by atoms with Gasteiger partial charge in [-0.25, -0.2) is 4.39 Å². The highest BCUT2D eigenvalue weighted by molar-refractivity contribution is 5.85. The SMILES string of the molecule is Cl.NC/C=C/CF. The van der Waals surface area contributed by atoms with E-state index in [1.54, 1.807) is 6.08 Å². The van der Waals surface area contributed by atoms with Gasteiger partial charge in [-0.2, -0.15) is 0 Å². The third kappa shape index (κ3) is 10.7. The smallest absolute Gasteiger partial charge is 0.108 e. The standard InChI is InChI=1S/C4H8FN.ClH/c5-3-1-2-4-6;/h1-2H,3-4,6H2;1H/b2-1+;. The Labute approximate surface area is 48.8 Å². The Kier molecular flexibility index (Phi) is 13.3. The maximum absolute atomic E-state index is 11.0. The molecular weight excluding hydrogens is 117 g/mol. The fraction of sp³-hybridized carbons (Fsp3) is 0.500. The Hall–Kier alpha value is -0.0800. The highest BCUT2D eigenvalue weighted by Gasteiger charge is 1.62. The molecular formula is C4H9ClFN. The van der Waals surface area contributed by atoms with Gasteiger partial charge < -0.3 is 5.73 Å². The molecule has 7 heavy (non-hydrogen) atoms. The van der Waals surface area contributed by atoms with Gasteiger partial charge in [0.2, 0.25) is 0 Å². The Balaban J connectivity index is 0. The number of alkyl halides is 1. The summed E-state index contributed by atoms with van der Waals surface area (Å²) in [5.74, 6) is 0. The predicted octanol–water partition coefficient (Wildman–Crippen LogP) is 0.893. The first-order chi connectivity index (χ1) is 2.91. The zero-order chi connectivity index (χ0) is 4.83. The van der Waals surface area contributed by atoms with Gasteiger partial charge in [-0.1, -0.05) is 12.2 Å². The molecule has 0 heterocycles. The van der Waals surface area contributed by atoms with E-state index in [-0.39, 0.29) is 12.4 Å². The first-order valence-corrected chi connectivity index (χ1v) is 1.83. The van der Waals surface area contributed by atoms with Crippen LogP contribution in [0.3, 0.4) is 0 Å². The largest absolute Gasteiger partial charge is 0.327 e. The second-order valence-electron chi connectivity index (χ2n) is 0.861. The minimum Gasteiger partial charge on any atom is -0.327 e. The third-order valence-electron chi connectivity index (χ3n) is 0.392. The highest BCUT2D eigenvalue weighted by atomic mass is 35.5. The predicted molar refractivity (Wildman–Crippen MR) is 31.4 cm³/mol. The molecule has 0 aromatic heterocycles. The molecule has 0 aliphatic rings. The minimum atomic E-state index is -0.406. The second-order valence-corrected chi connectivity index (χ2v) is 0.861. The molecule has 0 fully saturated rings. The van der Waals surface area contributed by atoms with Crippen molar-refractivity contribution in [2.75, 3.05) is 13.2 Å². The first kappa shape index (κ1) is 10.0. The first-order valence-electron chi connectivity index (χ1n) is 1.83. The molecule has 0 radical (unpaired) electrons. The van der Waals surface area contributed by atoms with Gasteiger partial charge in [0.15, 0.2) is 0 Å². The summed E-state index contributed by atoms with van der Waals surface area (Å²) < 4.78 is 11.0. The van der Waals surface area contributed by atoms with Crippen LogP contribution in [0.1, 0.15) is 0 Å². The van der Waals surface area contributed by atoms with Gasteiger partial charge >= 0.3 is 0 Å². The van der Waals surface area contributed by atoms with Crippen LogP contribution in [0, 0.1) is 0 Å². The number of rotatable bonds is 2. The number of hydrogen-bond donors (Lipinski definition) is 1. The van der Waals surface area contributed by atoms with E-state index in [0.29, 0.717) is 6.54 Å². The van der Waals surface area contributed by atoms with Crippen LogP contribution >= 0.6 is 12.4 Å². The molecule has 0 bridgehead atoms. The zero-order valence-electron chi connectivity index (χ0n) is 3.93. The summed E-state index contributed by atoms with van der Waals surface area (Å²) in [6.07, 6.45) is 2.97. The fourth-order valence-corrected chi connectivity index (χ4v) is 0.159. The van der Waals surface area contributed by atoms with Crippen molar-refractivity contribution in [3.05, 3.63) is 12.2 Å². The summed E-state index contributed by atoms with van der Waals surface area (Å²) in [5, 5.41) is 0. The lowest BCUT2D eigenvalue weighted by Gasteiger charge is -1.71. The van der Waals surface area contributed by atoms with E-state index in [2.05, 4.69) is 0 Å². The molecule has 0 aliphatic heterocycles. The van der Waals surface area contributed by atoms with Gasteiger partial charge in [0, 0.05) is 6.54 Å². The molecule has 1 nitrogen and oxygen atoms in total. The normalized spacial score (nSPS) is 8.86. The molecule has 0 saturated carbocycles. The lowest BCUT2D eigenvalue weighted by Crippen LogP contribution is -1.91. The summed E-state index contributed by atoms with van der Waals surface area (Å²) in [6, 6.07) is 0. The molecule has 0 unspecified atom stereocenters. The van der Waals surface area contributed by atoms with Crippen molar-refractivity contribution < 1.29 is 4.39 Å². The van der Waals surface area contributed by atoms with E-state index in [1.807, 2.05) is 0 Å². The van der Waals surface area contributed by atoms with Crippen molar-refractivity contribution in [1.82, 2.24) is 0 Å². The van der Waals surface area contributed by atoms with E-state index in [0.717, 1.165) is 0 Å². The minimum absolute atomic E-state index is 0. The van der Waals surface area contributed by atoms with Crippen LogP contribution in [0.15, 0.2) is 12.2 Å². The monoisotopic (exact) mass is 125 g/mol. The summed E-state index contributed by atoms with van der Waals surface area (Å²) in [7, 11) is 0. The molecule has 0 spiro atoms. The van der Waals surface area contributed by atoms with Crippen LogP contribution < -0.4 is 5.73 Å². The van der Waals surface area contributed by atoms with E-state index >= 15 is 0 Å². The summed E-state index contributed by atoms with van der Waals surface area (Å²) in [4.78, 5) is 0. The fourth-order valence-electron chi connectivity index (χ4n) is 0.159. The maximum Gasteiger partial charge on any atom is 0.108 e. The van der Waals surface area contributed by atoms with Gasteiger partial charge in [-0.05, 0) is 0 Å². The molecule has 0 saturated heterocycles. The zero-order valence-corrected chi connectivity index (χ0v) is 4.75. The average Bonchev–Trinajstić information content (AvgIpc) is 1.61. The molecule has 0 rings (SSSR count). The number of halogens is 2. The van der Waals surface area contributed by atoms with Gasteiger partial charge in [0.25, 0.3) is 0 Å². The number of nitrogens with two attached hydrogens (primary N) is 1. The number of hydrogen-bond acceptors (Lipinski definition) is 1. The van der Waals surface area contributed by atoms with Gasteiger partial charge in [-0.3, -0.25) is 0 Å². The van der Waals surface area contributed by atoms with E-state index in [1.165, 1.54) is 6.08 Å². The lowest BCUT2D eigenvalue weighted by molar-refractivity contribution is 0.561. The number of allylic oxidation sites excluding steroid dienone is 1. The Morgan fingerprint density at radius 3 is 2.14 bits per heavy atom. The van der Waals surface area contributed by atoms with Crippen LogP contribution in [0.5, 0.6) is 0 Å². The van der Waals surface area contributed by atoms with Crippen molar-refractivity contribution in [1.29, 1.82) is 0 Å². The van der Waals surface area contributed by atoms with Gasteiger partial charge in [0.1, 0.15) is 6.67 Å². The van der Waals surface area contributed by atoms with Crippen LogP contribution in [-0.4, -0.2) is 13.2 Å². The molecule has 2 N–H and O–H groups in total. The van der Waals surface area contributed by atoms with Gasteiger partial charge in [0.05, 0.1) is 0 Å². The topological polar surface area (TPSA) is 26.0 Å². The van der Waals surface area contributed by atoms with Crippen molar-refractivity contribution in [2.45, 2.75) is 0 Å². The maximum atomic E-state index is 11.0. The Morgan fingerprint density at radius 1 is 1.43 bits per heavy atom. The van der Waals surface area contributed by atoms with Crippen molar-refractivity contribution in [3.63, 3.8) is 0 Å².